The fourth-order valence-corrected chi connectivity index (χ4v) is 5.97. The molecule has 29 heavy (non-hydrogen) atoms. The number of rotatable bonds is 7. The van der Waals surface area contributed by atoms with Crippen LogP contribution in [0.1, 0.15) is 101 Å². The average Bonchev–Trinajstić information content (AvgIpc) is 2.71. The van der Waals surface area contributed by atoms with Crippen LogP contribution in [0.5, 0.6) is 5.75 Å². The van der Waals surface area contributed by atoms with Crippen molar-refractivity contribution in [3.05, 3.63) is 28.8 Å². The Hall–Kier alpha value is -1.31. The fourth-order valence-electron chi connectivity index (χ4n) is 5.97. The molecule has 0 radical (unpaired) electrons. The monoisotopic (exact) mass is 398 g/mol. The lowest BCUT2D eigenvalue weighted by atomic mass is 9.68. The Bertz CT molecular complexity index is 638. The van der Waals surface area contributed by atoms with Crippen LogP contribution in [0.3, 0.4) is 0 Å². The predicted molar refractivity (Wildman–Crippen MR) is 121 cm³/mol. The molecular weight excluding hydrogens is 356 g/mol. The third-order valence-corrected chi connectivity index (χ3v) is 7.69. The third kappa shape index (κ3) is 6.09. The average molecular weight is 399 g/mol. The van der Waals surface area contributed by atoms with Gasteiger partial charge in [-0.05, 0) is 88.2 Å². The van der Waals surface area contributed by atoms with Gasteiger partial charge < -0.3 is 4.74 Å². The molecule has 0 aromatic heterocycles. The molecule has 162 valence electrons. The summed E-state index contributed by atoms with van der Waals surface area (Å²) < 4.78 is 5.87. The molecule has 2 aliphatic rings. The van der Waals surface area contributed by atoms with Gasteiger partial charge in [-0.2, -0.15) is 0 Å². The summed E-state index contributed by atoms with van der Waals surface area (Å²) in [6.45, 7) is 8.47. The van der Waals surface area contributed by atoms with Gasteiger partial charge in [0.2, 0.25) is 0 Å². The summed E-state index contributed by atoms with van der Waals surface area (Å²) in [6.07, 6.45) is 15.9. The number of hydrogen-bond donors (Lipinski definition) is 0. The number of unbranched alkanes of at least 4 members (excludes halogenated alkanes) is 2. The lowest BCUT2D eigenvalue weighted by Crippen LogP contribution is -2.30. The molecule has 0 heterocycles. The van der Waals surface area contributed by atoms with Crippen molar-refractivity contribution >= 4 is 5.97 Å². The first-order valence-electron chi connectivity index (χ1n) is 12.3. The number of ether oxygens (including phenoxy) is 1. The van der Waals surface area contributed by atoms with E-state index in [2.05, 4.69) is 26.0 Å². The Morgan fingerprint density at radius 2 is 1.41 bits per heavy atom. The number of hydrogen-bond acceptors (Lipinski definition) is 2. The topological polar surface area (TPSA) is 26.3 Å². The van der Waals surface area contributed by atoms with Gasteiger partial charge in [0, 0.05) is 0 Å². The minimum absolute atomic E-state index is 0.00173. The van der Waals surface area contributed by atoms with E-state index in [-0.39, 0.29) is 11.9 Å². The van der Waals surface area contributed by atoms with E-state index in [4.69, 9.17) is 4.74 Å². The van der Waals surface area contributed by atoms with E-state index < -0.39 is 0 Å². The van der Waals surface area contributed by atoms with Crippen molar-refractivity contribution < 1.29 is 9.53 Å². The zero-order valence-corrected chi connectivity index (χ0v) is 19.3. The summed E-state index contributed by atoms with van der Waals surface area (Å²) in [5.74, 6) is 3.62. The lowest BCUT2D eigenvalue weighted by molar-refractivity contribution is -0.140. The minimum atomic E-state index is -0.00173. The van der Waals surface area contributed by atoms with Crippen LogP contribution >= 0.6 is 0 Å². The first-order valence-corrected chi connectivity index (χ1v) is 12.3. The van der Waals surface area contributed by atoms with Gasteiger partial charge in [-0.25, -0.2) is 0 Å². The fraction of sp³-hybridized carbons (Fsp3) is 0.741. The molecule has 0 unspecified atom stereocenters. The highest BCUT2D eigenvalue weighted by Gasteiger charge is 2.33. The maximum absolute atomic E-state index is 12.8. The molecule has 0 N–H and O–H groups in total. The molecule has 2 saturated carbocycles. The van der Waals surface area contributed by atoms with Crippen molar-refractivity contribution in [3.63, 3.8) is 0 Å². The number of carbonyl (C=O) groups is 1. The van der Waals surface area contributed by atoms with Crippen LogP contribution in [-0.4, -0.2) is 5.97 Å². The highest BCUT2D eigenvalue weighted by atomic mass is 16.5. The summed E-state index contributed by atoms with van der Waals surface area (Å²) in [5, 5.41) is 0. The highest BCUT2D eigenvalue weighted by molar-refractivity contribution is 5.76. The summed E-state index contributed by atoms with van der Waals surface area (Å²) in [4.78, 5) is 12.8. The zero-order chi connectivity index (χ0) is 20.8. The third-order valence-electron chi connectivity index (χ3n) is 7.69. The molecule has 2 fully saturated rings. The van der Waals surface area contributed by atoms with Crippen LogP contribution in [0.25, 0.3) is 0 Å². The molecule has 2 aliphatic carbocycles. The van der Waals surface area contributed by atoms with Gasteiger partial charge in [0.25, 0.3) is 0 Å². The first kappa shape index (κ1) is 22.4. The first-order chi connectivity index (χ1) is 14.0. The lowest BCUT2D eigenvalue weighted by Gasteiger charge is -2.37. The molecule has 3 rings (SSSR count). The minimum Gasteiger partial charge on any atom is -0.426 e. The van der Waals surface area contributed by atoms with Crippen molar-refractivity contribution in [1.82, 2.24) is 0 Å². The van der Waals surface area contributed by atoms with Crippen molar-refractivity contribution in [2.45, 2.75) is 105 Å². The summed E-state index contributed by atoms with van der Waals surface area (Å²) in [5.41, 5.74) is 3.36. The van der Waals surface area contributed by atoms with E-state index in [9.17, 15) is 4.79 Å². The molecule has 2 nitrogen and oxygen atoms in total. The Kier molecular flexibility index (Phi) is 8.21. The number of benzene rings is 1. The molecule has 0 bridgehead atoms. The van der Waals surface area contributed by atoms with Gasteiger partial charge in [-0.1, -0.05) is 63.1 Å². The molecule has 1 aromatic carbocycles. The van der Waals surface area contributed by atoms with Crippen LogP contribution in [0.4, 0.5) is 0 Å². The number of aryl methyl sites for hydroxylation is 3. The molecule has 0 saturated heterocycles. The van der Waals surface area contributed by atoms with E-state index >= 15 is 0 Å². The smallest absolute Gasteiger partial charge is 0.314 e. The van der Waals surface area contributed by atoms with Crippen molar-refractivity contribution in [1.29, 1.82) is 0 Å². The van der Waals surface area contributed by atoms with Crippen LogP contribution in [0.15, 0.2) is 12.1 Å². The van der Waals surface area contributed by atoms with Crippen LogP contribution in [0.2, 0.25) is 0 Å². The second kappa shape index (κ2) is 10.6. The van der Waals surface area contributed by atoms with Crippen molar-refractivity contribution in [2.24, 2.45) is 23.7 Å². The van der Waals surface area contributed by atoms with Crippen molar-refractivity contribution in [2.75, 3.05) is 0 Å². The van der Waals surface area contributed by atoms with E-state index in [1.807, 2.05) is 13.8 Å². The number of carbonyl (C=O) groups excluding carboxylic acids is 1. The normalized spacial score (nSPS) is 27.6. The molecule has 2 heteroatoms. The van der Waals surface area contributed by atoms with Gasteiger partial charge in [0.05, 0.1) is 5.92 Å². The van der Waals surface area contributed by atoms with Gasteiger partial charge in [-0.3, -0.25) is 4.79 Å². The second-order valence-electron chi connectivity index (χ2n) is 10.0. The summed E-state index contributed by atoms with van der Waals surface area (Å²) in [7, 11) is 0. The molecule has 0 spiro atoms. The van der Waals surface area contributed by atoms with Crippen LogP contribution in [0, 0.1) is 44.4 Å². The standard InChI is InChI=1S/C27H42O2/c1-5-6-7-8-22-9-11-23(12-10-22)24-13-15-25(16-14-24)27(28)29-26-20(3)17-19(2)18-21(26)4/h17-18,22-25H,5-16H2,1-4H3. The Morgan fingerprint density at radius 3 is 1.97 bits per heavy atom. The maximum Gasteiger partial charge on any atom is 0.314 e. The zero-order valence-electron chi connectivity index (χ0n) is 19.3. The van der Waals surface area contributed by atoms with Gasteiger partial charge in [0.15, 0.2) is 0 Å². The van der Waals surface area contributed by atoms with E-state index in [1.165, 1.54) is 69.8 Å². The largest absolute Gasteiger partial charge is 0.426 e. The van der Waals surface area contributed by atoms with E-state index in [0.29, 0.717) is 0 Å². The summed E-state index contributed by atoms with van der Waals surface area (Å²) in [6, 6.07) is 4.20. The molecule has 0 aliphatic heterocycles. The predicted octanol–water partition coefficient (Wildman–Crippen LogP) is 7.71. The molecule has 0 amide bonds. The Morgan fingerprint density at radius 1 is 0.862 bits per heavy atom. The number of esters is 1. The molecule has 1 aromatic rings. The Balaban J connectivity index is 1.43. The Labute approximate surface area is 178 Å². The SMILES string of the molecule is CCCCCC1CCC(C2CCC(C(=O)Oc3c(C)cc(C)cc3C)CC2)CC1. The van der Waals surface area contributed by atoms with E-state index in [0.717, 1.165) is 47.5 Å². The van der Waals surface area contributed by atoms with Gasteiger partial charge >= 0.3 is 5.97 Å². The second-order valence-corrected chi connectivity index (χ2v) is 10.0. The highest BCUT2D eigenvalue weighted by Crippen LogP contribution is 2.42. The van der Waals surface area contributed by atoms with Gasteiger partial charge in [-0.15, -0.1) is 0 Å². The maximum atomic E-state index is 12.8. The van der Waals surface area contributed by atoms with Gasteiger partial charge in [0.1, 0.15) is 5.75 Å². The quantitative estimate of drug-likeness (QED) is 0.267. The van der Waals surface area contributed by atoms with Crippen LogP contribution < -0.4 is 4.74 Å². The molecule has 0 atom stereocenters. The van der Waals surface area contributed by atoms with Crippen molar-refractivity contribution in [3.8, 4) is 5.75 Å². The van der Waals surface area contributed by atoms with E-state index in [1.54, 1.807) is 0 Å². The summed E-state index contributed by atoms with van der Waals surface area (Å²) >= 11 is 0. The van der Waals surface area contributed by atoms with Crippen LogP contribution in [-0.2, 0) is 4.79 Å². The molecular formula is C27H42O2.